The van der Waals surface area contributed by atoms with Gasteiger partial charge in [-0.15, -0.1) is 0 Å². The van der Waals surface area contributed by atoms with Crippen LogP contribution in [0.5, 0.6) is 0 Å². The third-order valence-electron chi connectivity index (χ3n) is 3.12. The van der Waals surface area contributed by atoms with E-state index in [1.165, 1.54) is 0 Å². The highest BCUT2D eigenvalue weighted by Gasteiger charge is 2.36. The van der Waals surface area contributed by atoms with Crippen LogP contribution < -0.4 is 17.2 Å². The average Bonchev–Trinajstić information content (AvgIpc) is 2.85. The maximum absolute atomic E-state index is 10.7. The molecule has 1 saturated carbocycles. The van der Waals surface area contributed by atoms with E-state index in [9.17, 15) is 4.79 Å². The standard InChI is InChI=1S/C10H17N5O2/c11-6(5-7(12)16)8-14-9(15-17-8)10(13)3-1-2-4-10/h6H,1-5,11,13H2,(H2,12,16)/t6-/m0/s1. The van der Waals surface area contributed by atoms with Crippen LogP contribution in [0, 0.1) is 0 Å². The van der Waals surface area contributed by atoms with E-state index in [2.05, 4.69) is 10.1 Å². The molecular weight excluding hydrogens is 222 g/mol. The highest BCUT2D eigenvalue weighted by Crippen LogP contribution is 2.34. The van der Waals surface area contributed by atoms with Gasteiger partial charge in [0.2, 0.25) is 11.8 Å². The van der Waals surface area contributed by atoms with Crippen LogP contribution in [0.3, 0.4) is 0 Å². The molecule has 7 heteroatoms. The summed E-state index contributed by atoms with van der Waals surface area (Å²) in [6.07, 6.45) is 3.80. The Morgan fingerprint density at radius 3 is 2.71 bits per heavy atom. The Labute approximate surface area is 98.7 Å². The second-order valence-corrected chi connectivity index (χ2v) is 4.60. The Bertz CT molecular complexity index is 411. The van der Waals surface area contributed by atoms with Crippen molar-refractivity contribution in [1.82, 2.24) is 10.1 Å². The van der Waals surface area contributed by atoms with Gasteiger partial charge in [0.05, 0.1) is 18.0 Å². The number of carbonyl (C=O) groups is 1. The number of aromatic nitrogens is 2. The molecule has 6 N–H and O–H groups in total. The molecule has 0 aromatic carbocycles. The van der Waals surface area contributed by atoms with Gasteiger partial charge < -0.3 is 21.7 Å². The van der Waals surface area contributed by atoms with Crippen molar-refractivity contribution < 1.29 is 9.32 Å². The molecule has 1 aliphatic rings. The SMILES string of the molecule is NC(=O)C[C@H](N)c1nc(C2(N)CCCC2)no1. The van der Waals surface area contributed by atoms with Crippen LogP contribution in [0.2, 0.25) is 0 Å². The molecule has 7 nitrogen and oxygen atoms in total. The van der Waals surface area contributed by atoms with Crippen molar-refractivity contribution >= 4 is 5.91 Å². The first-order chi connectivity index (χ1) is 8.01. The summed E-state index contributed by atoms with van der Waals surface area (Å²) >= 11 is 0. The number of carbonyl (C=O) groups excluding carboxylic acids is 1. The molecule has 1 amide bonds. The third kappa shape index (κ3) is 2.45. The molecule has 94 valence electrons. The topological polar surface area (TPSA) is 134 Å². The second-order valence-electron chi connectivity index (χ2n) is 4.60. The minimum atomic E-state index is -0.654. The molecule has 0 saturated heterocycles. The predicted molar refractivity (Wildman–Crippen MR) is 59.4 cm³/mol. The Kier molecular flexibility index (Phi) is 3.12. The molecule has 1 atom stereocenters. The number of nitrogens with two attached hydrogens (primary N) is 3. The fraction of sp³-hybridized carbons (Fsp3) is 0.700. The summed E-state index contributed by atoms with van der Waals surface area (Å²) in [5.74, 6) is 0.195. The number of hydrogen-bond donors (Lipinski definition) is 3. The summed E-state index contributed by atoms with van der Waals surface area (Å²) in [4.78, 5) is 14.9. The van der Waals surface area contributed by atoms with E-state index in [4.69, 9.17) is 21.7 Å². The van der Waals surface area contributed by atoms with Crippen molar-refractivity contribution in [3.8, 4) is 0 Å². The van der Waals surface area contributed by atoms with Crippen LogP contribution in [0.15, 0.2) is 4.52 Å². The molecule has 1 aromatic rings. The number of primary amides is 1. The summed E-state index contributed by atoms with van der Waals surface area (Å²) in [5, 5.41) is 3.86. The normalized spacial score (nSPS) is 20.4. The Hall–Kier alpha value is -1.47. The zero-order valence-electron chi connectivity index (χ0n) is 9.56. The molecule has 0 aliphatic heterocycles. The van der Waals surface area contributed by atoms with Crippen LogP contribution in [-0.2, 0) is 10.3 Å². The Balaban J connectivity index is 2.12. The van der Waals surface area contributed by atoms with Gasteiger partial charge in [0.25, 0.3) is 0 Å². The molecular formula is C10H17N5O2. The van der Waals surface area contributed by atoms with E-state index >= 15 is 0 Å². The average molecular weight is 239 g/mol. The molecule has 0 bridgehead atoms. The monoisotopic (exact) mass is 239 g/mol. The highest BCUT2D eigenvalue weighted by atomic mass is 16.5. The molecule has 2 rings (SSSR count). The lowest BCUT2D eigenvalue weighted by molar-refractivity contribution is -0.118. The number of hydrogen-bond acceptors (Lipinski definition) is 6. The predicted octanol–water partition coefficient (Wildman–Crippen LogP) is -0.327. The smallest absolute Gasteiger partial charge is 0.244 e. The van der Waals surface area contributed by atoms with Gasteiger partial charge in [-0.1, -0.05) is 18.0 Å². The van der Waals surface area contributed by atoms with Crippen molar-refractivity contribution in [2.24, 2.45) is 17.2 Å². The van der Waals surface area contributed by atoms with E-state index in [0.717, 1.165) is 25.7 Å². The quantitative estimate of drug-likeness (QED) is 0.658. The molecule has 1 aliphatic carbocycles. The van der Waals surface area contributed by atoms with Gasteiger partial charge in [0.15, 0.2) is 5.82 Å². The van der Waals surface area contributed by atoms with Gasteiger partial charge in [0, 0.05) is 0 Å². The van der Waals surface area contributed by atoms with Crippen molar-refractivity contribution in [1.29, 1.82) is 0 Å². The first-order valence-electron chi connectivity index (χ1n) is 5.68. The summed E-state index contributed by atoms with van der Waals surface area (Å²) in [6, 6.07) is -0.654. The van der Waals surface area contributed by atoms with E-state index in [0.29, 0.717) is 5.82 Å². The first-order valence-corrected chi connectivity index (χ1v) is 5.68. The van der Waals surface area contributed by atoms with Crippen LogP contribution >= 0.6 is 0 Å². The Morgan fingerprint density at radius 2 is 2.12 bits per heavy atom. The lowest BCUT2D eigenvalue weighted by Gasteiger charge is -2.17. The van der Waals surface area contributed by atoms with Gasteiger partial charge in [-0.25, -0.2) is 0 Å². The van der Waals surface area contributed by atoms with Crippen LogP contribution in [-0.4, -0.2) is 16.0 Å². The van der Waals surface area contributed by atoms with E-state index in [1.807, 2.05) is 0 Å². The van der Waals surface area contributed by atoms with E-state index in [1.54, 1.807) is 0 Å². The van der Waals surface area contributed by atoms with Crippen molar-refractivity contribution in [3.05, 3.63) is 11.7 Å². The molecule has 0 unspecified atom stereocenters. The zero-order chi connectivity index (χ0) is 12.5. The van der Waals surface area contributed by atoms with Crippen molar-refractivity contribution in [3.63, 3.8) is 0 Å². The number of nitrogens with zero attached hydrogens (tertiary/aromatic N) is 2. The second kappa shape index (κ2) is 4.42. The molecule has 17 heavy (non-hydrogen) atoms. The summed E-state index contributed by atoms with van der Waals surface area (Å²) < 4.78 is 5.03. The minimum Gasteiger partial charge on any atom is -0.370 e. The summed E-state index contributed by atoms with van der Waals surface area (Å²) in [5.41, 5.74) is 16.4. The summed E-state index contributed by atoms with van der Waals surface area (Å²) in [6.45, 7) is 0. The van der Waals surface area contributed by atoms with E-state index < -0.39 is 17.5 Å². The lowest BCUT2D eigenvalue weighted by Crippen LogP contribution is -2.34. The van der Waals surface area contributed by atoms with Gasteiger partial charge in [-0.2, -0.15) is 4.98 Å². The Morgan fingerprint density at radius 1 is 1.47 bits per heavy atom. The molecule has 0 radical (unpaired) electrons. The van der Waals surface area contributed by atoms with Gasteiger partial charge in [0.1, 0.15) is 0 Å². The van der Waals surface area contributed by atoms with Gasteiger partial charge in [-0.3, -0.25) is 4.79 Å². The number of rotatable bonds is 4. The third-order valence-corrected chi connectivity index (χ3v) is 3.12. The van der Waals surface area contributed by atoms with E-state index in [-0.39, 0.29) is 12.3 Å². The van der Waals surface area contributed by atoms with Crippen LogP contribution in [0.1, 0.15) is 49.9 Å². The zero-order valence-corrected chi connectivity index (χ0v) is 9.56. The maximum atomic E-state index is 10.7. The number of amides is 1. The maximum Gasteiger partial charge on any atom is 0.244 e. The van der Waals surface area contributed by atoms with Crippen molar-refractivity contribution in [2.45, 2.75) is 43.7 Å². The van der Waals surface area contributed by atoms with Gasteiger partial charge in [-0.05, 0) is 12.8 Å². The molecule has 1 fully saturated rings. The van der Waals surface area contributed by atoms with Crippen LogP contribution in [0.4, 0.5) is 0 Å². The van der Waals surface area contributed by atoms with Crippen molar-refractivity contribution in [2.75, 3.05) is 0 Å². The fourth-order valence-electron chi connectivity index (χ4n) is 2.12. The van der Waals surface area contributed by atoms with Gasteiger partial charge >= 0.3 is 0 Å². The fourth-order valence-corrected chi connectivity index (χ4v) is 2.12. The molecule has 1 heterocycles. The van der Waals surface area contributed by atoms with Crippen LogP contribution in [0.25, 0.3) is 0 Å². The molecule has 1 aromatic heterocycles. The lowest BCUT2D eigenvalue weighted by atomic mass is 9.98. The molecule has 0 spiro atoms. The minimum absolute atomic E-state index is 0.0147. The first kappa shape index (κ1) is 12.0. The highest BCUT2D eigenvalue weighted by molar-refractivity contribution is 5.74. The summed E-state index contributed by atoms with van der Waals surface area (Å²) in [7, 11) is 0. The largest absolute Gasteiger partial charge is 0.370 e.